The number of phenolic OH excluding ortho intramolecular Hbond substituents is 1. The first kappa shape index (κ1) is 13.3. The summed E-state index contributed by atoms with van der Waals surface area (Å²) < 4.78 is 0. The molecule has 2 aromatic rings. The van der Waals surface area contributed by atoms with Crippen LogP contribution in [0.3, 0.4) is 0 Å². The van der Waals surface area contributed by atoms with Crippen LogP contribution in [0.25, 0.3) is 0 Å². The van der Waals surface area contributed by atoms with Crippen LogP contribution < -0.4 is 10.2 Å². The van der Waals surface area contributed by atoms with Crippen molar-refractivity contribution in [2.75, 3.05) is 24.3 Å². The molecule has 0 aliphatic carbocycles. The standard InChI is InChI=1S/C16H20N2O/c1-12(13-4-10-16(19)11-5-13)17-14-6-8-15(9-7-14)18(2)3/h4-12,17,19H,1-3H3. The molecular formula is C16H20N2O. The summed E-state index contributed by atoms with van der Waals surface area (Å²) in [6.07, 6.45) is 0. The average molecular weight is 256 g/mol. The van der Waals surface area contributed by atoms with Crippen molar-refractivity contribution in [1.29, 1.82) is 0 Å². The quantitative estimate of drug-likeness (QED) is 0.876. The van der Waals surface area contributed by atoms with Gasteiger partial charge >= 0.3 is 0 Å². The maximum Gasteiger partial charge on any atom is 0.115 e. The molecule has 19 heavy (non-hydrogen) atoms. The third kappa shape index (κ3) is 3.41. The molecule has 100 valence electrons. The van der Waals surface area contributed by atoms with Gasteiger partial charge in [0, 0.05) is 31.5 Å². The number of anilines is 2. The third-order valence-corrected chi connectivity index (χ3v) is 3.16. The number of phenols is 1. The molecular weight excluding hydrogens is 236 g/mol. The summed E-state index contributed by atoms with van der Waals surface area (Å²) in [5.74, 6) is 0.297. The van der Waals surface area contributed by atoms with Crippen LogP contribution in [0.1, 0.15) is 18.5 Å². The van der Waals surface area contributed by atoms with Gasteiger partial charge < -0.3 is 15.3 Å². The van der Waals surface area contributed by atoms with Crippen molar-refractivity contribution in [3.05, 3.63) is 54.1 Å². The van der Waals surface area contributed by atoms with E-state index >= 15 is 0 Å². The lowest BCUT2D eigenvalue weighted by Crippen LogP contribution is -2.09. The van der Waals surface area contributed by atoms with Gasteiger partial charge in [0.25, 0.3) is 0 Å². The molecule has 0 saturated heterocycles. The zero-order chi connectivity index (χ0) is 13.8. The van der Waals surface area contributed by atoms with Crippen LogP contribution in [0.15, 0.2) is 48.5 Å². The van der Waals surface area contributed by atoms with E-state index < -0.39 is 0 Å². The molecule has 2 aromatic carbocycles. The molecule has 0 saturated carbocycles. The highest BCUT2D eigenvalue weighted by molar-refractivity contribution is 5.55. The van der Waals surface area contributed by atoms with Gasteiger partial charge in [0.2, 0.25) is 0 Å². The number of hydrogen-bond acceptors (Lipinski definition) is 3. The predicted molar refractivity (Wildman–Crippen MR) is 80.9 cm³/mol. The molecule has 2 rings (SSSR count). The number of rotatable bonds is 4. The molecule has 0 spiro atoms. The van der Waals surface area contributed by atoms with Gasteiger partial charge in [0.15, 0.2) is 0 Å². The highest BCUT2D eigenvalue weighted by atomic mass is 16.3. The third-order valence-electron chi connectivity index (χ3n) is 3.16. The van der Waals surface area contributed by atoms with Crippen molar-refractivity contribution in [3.63, 3.8) is 0 Å². The van der Waals surface area contributed by atoms with Crippen molar-refractivity contribution < 1.29 is 5.11 Å². The summed E-state index contributed by atoms with van der Waals surface area (Å²) in [6, 6.07) is 15.8. The summed E-state index contributed by atoms with van der Waals surface area (Å²) in [7, 11) is 4.06. The van der Waals surface area contributed by atoms with Crippen LogP contribution in [0.5, 0.6) is 5.75 Å². The Bertz CT molecular complexity index is 517. The minimum Gasteiger partial charge on any atom is -0.508 e. The molecule has 3 nitrogen and oxygen atoms in total. The molecule has 0 amide bonds. The maximum atomic E-state index is 9.29. The zero-order valence-corrected chi connectivity index (χ0v) is 11.6. The van der Waals surface area contributed by atoms with E-state index in [2.05, 4.69) is 41.4 Å². The van der Waals surface area contributed by atoms with Crippen LogP contribution in [0.2, 0.25) is 0 Å². The number of nitrogens with zero attached hydrogens (tertiary/aromatic N) is 1. The van der Waals surface area contributed by atoms with Gasteiger partial charge in [-0.05, 0) is 48.9 Å². The summed E-state index contributed by atoms with van der Waals surface area (Å²) in [6.45, 7) is 2.10. The van der Waals surface area contributed by atoms with Crippen molar-refractivity contribution in [2.45, 2.75) is 13.0 Å². The summed E-state index contributed by atoms with van der Waals surface area (Å²) >= 11 is 0. The minimum absolute atomic E-state index is 0.200. The molecule has 3 heteroatoms. The Labute approximate surface area is 114 Å². The summed E-state index contributed by atoms with van der Waals surface area (Å²) in [5.41, 5.74) is 3.42. The van der Waals surface area contributed by atoms with E-state index in [1.807, 2.05) is 26.2 Å². The Morgan fingerprint density at radius 3 is 2.05 bits per heavy atom. The molecule has 1 unspecified atom stereocenters. The molecule has 1 atom stereocenters. The Hall–Kier alpha value is -2.16. The second-order valence-corrected chi connectivity index (χ2v) is 4.90. The second-order valence-electron chi connectivity index (χ2n) is 4.90. The molecule has 0 aromatic heterocycles. The van der Waals surface area contributed by atoms with E-state index in [9.17, 15) is 5.11 Å². The summed E-state index contributed by atoms with van der Waals surface area (Å²) in [5, 5.41) is 12.7. The van der Waals surface area contributed by atoms with Gasteiger partial charge in [-0.25, -0.2) is 0 Å². The zero-order valence-electron chi connectivity index (χ0n) is 11.6. The van der Waals surface area contributed by atoms with Gasteiger partial charge in [-0.15, -0.1) is 0 Å². The highest BCUT2D eigenvalue weighted by Gasteiger charge is 2.05. The molecule has 0 radical (unpaired) electrons. The fourth-order valence-electron chi connectivity index (χ4n) is 1.95. The van der Waals surface area contributed by atoms with Crippen LogP contribution in [-0.4, -0.2) is 19.2 Å². The van der Waals surface area contributed by atoms with Crippen molar-refractivity contribution in [1.82, 2.24) is 0 Å². The first-order valence-corrected chi connectivity index (χ1v) is 6.39. The van der Waals surface area contributed by atoms with Crippen LogP contribution in [0, 0.1) is 0 Å². The monoisotopic (exact) mass is 256 g/mol. The van der Waals surface area contributed by atoms with E-state index in [-0.39, 0.29) is 6.04 Å². The molecule has 0 aliphatic heterocycles. The Kier molecular flexibility index (Phi) is 3.95. The maximum absolute atomic E-state index is 9.29. The van der Waals surface area contributed by atoms with E-state index in [0.717, 1.165) is 11.3 Å². The average Bonchev–Trinajstić information content (AvgIpc) is 2.40. The second kappa shape index (κ2) is 5.65. The molecule has 2 N–H and O–H groups in total. The topological polar surface area (TPSA) is 35.5 Å². The summed E-state index contributed by atoms with van der Waals surface area (Å²) in [4.78, 5) is 2.08. The van der Waals surface area contributed by atoms with Crippen LogP contribution in [0.4, 0.5) is 11.4 Å². The van der Waals surface area contributed by atoms with Gasteiger partial charge in [-0.1, -0.05) is 12.1 Å². The first-order valence-electron chi connectivity index (χ1n) is 6.39. The van der Waals surface area contributed by atoms with Gasteiger partial charge in [0.05, 0.1) is 0 Å². The number of hydrogen-bond donors (Lipinski definition) is 2. The van der Waals surface area contributed by atoms with Crippen molar-refractivity contribution in [3.8, 4) is 5.75 Å². The molecule has 0 bridgehead atoms. The van der Waals surface area contributed by atoms with E-state index in [1.165, 1.54) is 5.69 Å². The van der Waals surface area contributed by atoms with Gasteiger partial charge in [-0.2, -0.15) is 0 Å². The minimum atomic E-state index is 0.200. The Morgan fingerprint density at radius 2 is 1.53 bits per heavy atom. The van der Waals surface area contributed by atoms with Crippen molar-refractivity contribution >= 4 is 11.4 Å². The Morgan fingerprint density at radius 1 is 0.947 bits per heavy atom. The lowest BCUT2D eigenvalue weighted by molar-refractivity contribution is 0.475. The smallest absolute Gasteiger partial charge is 0.115 e. The number of aromatic hydroxyl groups is 1. The molecule has 0 fully saturated rings. The van der Waals surface area contributed by atoms with Crippen molar-refractivity contribution in [2.24, 2.45) is 0 Å². The normalized spacial score (nSPS) is 11.9. The number of nitrogens with one attached hydrogen (secondary N) is 1. The van der Waals surface area contributed by atoms with E-state index in [0.29, 0.717) is 5.75 Å². The lowest BCUT2D eigenvalue weighted by atomic mass is 10.1. The number of benzene rings is 2. The molecule has 0 heterocycles. The lowest BCUT2D eigenvalue weighted by Gasteiger charge is -2.17. The first-order chi connectivity index (χ1) is 9.06. The van der Waals surface area contributed by atoms with Crippen LogP contribution in [-0.2, 0) is 0 Å². The SMILES string of the molecule is CC(Nc1ccc(N(C)C)cc1)c1ccc(O)cc1. The Balaban J connectivity index is 2.06. The fraction of sp³-hybridized carbons (Fsp3) is 0.250. The fourth-order valence-corrected chi connectivity index (χ4v) is 1.95. The predicted octanol–water partition coefficient (Wildman–Crippen LogP) is 3.63. The van der Waals surface area contributed by atoms with E-state index in [1.54, 1.807) is 12.1 Å². The van der Waals surface area contributed by atoms with Gasteiger partial charge in [0.1, 0.15) is 5.75 Å². The van der Waals surface area contributed by atoms with Gasteiger partial charge in [-0.3, -0.25) is 0 Å². The van der Waals surface area contributed by atoms with E-state index in [4.69, 9.17) is 0 Å². The largest absolute Gasteiger partial charge is 0.508 e. The molecule has 0 aliphatic rings. The highest BCUT2D eigenvalue weighted by Crippen LogP contribution is 2.22. The van der Waals surface area contributed by atoms with Crippen LogP contribution >= 0.6 is 0 Å².